The Morgan fingerprint density at radius 3 is 2.04 bits per heavy atom. The third kappa shape index (κ3) is 4.77. The molecule has 1 unspecified atom stereocenters. The van der Waals surface area contributed by atoms with Gasteiger partial charge in [0.2, 0.25) is 5.89 Å². The Balaban J connectivity index is 0.991. The van der Waals surface area contributed by atoms with Gasteiger partial charge in [0.1, 0.15) is 27.8 Å². The molecule has 0 N–H and O–H groups in total. The highest BCUT2D eigenvalue weighted by Crippen LogP contribution is 2.46. The van der Waals surface area contributed by atoms with Crippen LogP contribution in [0.5, 0.6) is 0 Å². The second-order valence-corrected chi connectivity index (χ2v) is 14.7. The summed E-state index contributed by atoms with van der Waals surface area (Å²) in [6.45, 7) is 0. The van der Waals surface area contributed by atoms with Crippen molar-refractivity contribution < 1.29 is 13.3 Å². The average molecular weight is 721 g/mol. The zero-order chi connectivity index (χ0) is 36.7. The van der Waals surface area contributed by atoms with Gasteiger partial charge in [-0.15, -0.1) is 0 Å². The van der Waals surface area contributed by atoms with E-state index in [1.807, 2.05) is 42.5 Å². The fourth-order valence-electron chi connectivity index (χ4n) is 8.88. The second kappa shape index (κ2) is 12.1. The van der Waals surface area contributed by atoms with Crippen molar-refractivity contribution in [2.75, 3.05) is 4.90 Å². The zero-order valence-corrected chi connectivity index (χ0v) is 30.1. The van der Waals surface area contributed by atoms with Crippen molar-refractivity contribution in [1.29, 1.82) is 0 Å². The van der Waals surface area contributed by atoms with Gasteiger partial charge < -0.3 is 18.2 Å². The minimum Gasteiger partial charge on any atom is -0.456 e. The number of hydrogen-bond donors (Lipinski definition) is 0. The van der Waals surface area contributed by atoms with Crippen LogP contribution in [0.25, 0.3) is 77.6 Å². The molecule has 0 saturated heterocycles. The van der Waals surface area contributed by atoms with Crippen LogP contribution in [0.4, 0.5) is 17.1 Å². The van der Waals surface area contributed by atoms with Crippen molar-refractivity contribution >= 4 is 72.0 Å². The lowest BCUT2D eigenvalue weighted by Gasteiger charge is -2.31. The minimum atomic E-state index is 0.271. The molecule has 11 aromatic rings. The van der Waals surface area contributed by atoms with Crippen molar-refractivity contribution in [3.05, 3.63) is 193 Å². The van der Waals surface area contributed by atoms with E-state index in [-0.39, 0.29) is 5.92 Å². The molecule has 0 bridgehead atoms. The standard InChI is InChI=1S/C51H32N2O3/c1-2-10-31(11-3-1)43-29-33-28-35(22-24-37(33)38-12-4-5-13-39(38)43)53(36-23-25-41-40-14-6-8-16-45(40)55-48(41)30-36)34-20-18-32(19-21-34)51-52-44-26-27-47-49(50(44)56-51)42-15-7-9-17-46(42)54-47/h1-28,30,43H,29H2. The number of aromatic nitrogens is 1. The van der Waals surface area contributed by atoms with Crippen molar-refractivity contribution in [3.63, 3.8) is 0 Å². The minimum absolute atomic E-state index is 0.271. The number of fused-ring (bicyclic) bond motifs is 11. The Kier molecular flexibility index (Phi) is 6.69. The number of benzene rings is 8. The summed E-state index contributed by atoms with van der Waals surface area (Å²) < 4.78 is 19.1. The van der Waals surface area contributed by atoms with E-state index in [0.717, 1.165) is 84.0 Å². The van der Waals surface area contributed by atoms with Gasteiger partial charge in [0.05, 0.1) is 5.39 Å². The lowest BCUT2D eigenvalue weighted by molar-refractivity contribution is 0.622. The summed E-state index contributed by atoms with van der Waals surface area (Å²) in [5, 5.41) is 4.18. The van der Waals surface area contributed by atoms with Crippen LogP contribution >= 0.6 is 0 Å². The van der Waals surface area contributed by atoms with E-state index >= 15 is 0 Å². The highest BCUT2D eigenvalue weighted by atomic mass is 16.4. The molecule has 5 nitrogen and oxygen atoms in total. The third-order valence-corrected chi connectivity index (χ3v) is 11.5. The molecule has 0 amide bonds. The number of anilines is 3. The summed E-state index contributed by atoms with van der Waals surface area (Å²) >= 11 is 0. The molecule has 1 aliphatic carbocycles. The van der Waals surface area contributed by atoms with Crippen molar-refractivity contribution in [2.24, 2.45) is 0 Å². The first-order chi connectivity index (χ1) is 27.7. The quantitative estimate of drug-likeness (QED) is 0.177. The van der Waals surface area contributed by atoms with Gasteiger partial charge in [-0.25, -0.2) is 4.98 Å². The molecule has 5 heteroatoms. The van der Waals surface area contributed by atoms with E-state index < -0.39 is 0 Å². The van der Waals surface area contributed by atoms with Crippen LogP contribution in [0.15, 0.2) is 189 Å². The summed E-state index contributed by atoms with van der Waals surface area (Å²) in [5.41, 5.74) is 15.5. The van der Waals surface area contributed by atoms with Gasteiger partial charge in [-0.3, -0.25) is 0 Å². The SMILES string of the molecule is c1ccc(C2Cc3cc(N(c4ccc(-c5nc6ccc7oc8ccccc8c7c6o5)cc4)c4ccc5c(c4)oc4ccccc45)ccc3-c3ccccc32)cc1. The van der Waals surface area contributed by atoms with Gasteiger partial charge in [-0.2, -0.15) is 0 Å². The molecule has 1 atom stereocenters. The van der Waals surface area contributed by atoms with Crippen LogP contribution in [-0.2, 0) is 6.42 Å². The molecular weight excluding hydrogens is 689 g/mol. The number of oxazole rings is 1. The normalized spacial score (nSPS) is 13.8. The van der Waals surface area contributed by atoms with E-state index in [1.54, 1.807) is 0 Å². The van der Waals surface area contributed by atoms with E-state index in [4.69, 9.17) is 18.2 Å². The first kappa shape index (κ1) is 31.0. The van der Waals surface area contributed by atoms with Crippen LogP contribution in [0.1, 0.15) is 22.6 Å². The van der Waals surface area contributed by atoms with E-state index in [1.165, 1.54) is 27.8 Å². The fourth-order valence-corrected chi connectivity index (χ4v) is 8.88. The third-order valence-electron chi connectivity index (χ3n) is 11.5. The van der Waals surface area contributed by atoms with Gasteiger partial charge in [-0.1, -0.05) is 97.1 Å². The van der Waals surface area contributed by atoms with Gasteiger partial charge in [0, 0.05) is 50.8 Å². The van der Waals surface area contributed by atoms with E-state index in [0.29, 0.717) is 5.89 Å². The van der Waals surface area contributed by atoms with Crippen molar-refractivity contribution in [2.45, 2.75) is 12.3 Å². The largest absolute Gasteiger partial charge is 0.456 e. The predicted octanol–water partition coefficient (Wildman–Crippen LogP) is 14.1. The first-order valence-corrected chi connectivity index (χ1v) is 19.0. The van der Waals surface area contributed by atoms with Crippen LogP contribution < -0.4 is 4.90 Å². The summed E-state index contributed by atoms with van der Waals surface area (Å²) in [5.74, 6) is 0.839. The number of rotatable bonds is 5. The van der Waals surface area contributed by atoms with Crippen molar-refractivity contribution in [3.8, 4) is 22.6 Å². The molecule has 3 heterocycles. The maximum atomic E-state index is 6.52. The Bertz CT molecular complexity index is 3300. The summed E-state index contributed by atoms with van der Waals surface area (Å²) in [7, 11) is 0. The van der Waals surface area contributed by atoms with Crippen LogP contribution in [-0.4, -0.2) is 4.98 Å². The van der Waals surface area contributed by atoms with Gasteiger partial charge in [0.25, 0.3) is 0 Å². The van der Waals surface area contributed by atoms with E-state index in [9.17, 15) is 0 Å². The Morgan fingerprint density at radius 1 is 0.482 bits per heavy atom. The Morgan fingerprint density at radius 2 is 1.16 bits per heavy atom. The Hall–Kier alpha value is -7.37. The van der Waals surface area contributed by atoms with Crippen LogP contribution in [0, 0.1) is 0 Å². The molecule has 1 aliphatic rings. The molecule has 264 valence electrons. The fraction of sp³-hybridized carbons (Fsp3) is 0.0392. The molecule has 0 aliphatic heterocycles. The van der Waals surface area contributed by atoms with Crippen LogP contribution in [0.2, 0.25) is 0 Å². The maximum absolute atomic E-state index is 6.52. The molecule has 3 aromatic heterocycles. The number of furan rings is 2. The summed E-state index contributed by atoms with van der Waals surface area (Å²) in [4.78, 5) is 7.25. The molecule has 0 radical (unpaired) electrons. The smallest absolute Gasteiger partial charge is 0.227 e. The maximum Gasteiger partial charge on any atom is 0.227 e. The number of para-hydroxylation sites is 2. The monoisotopic (exact) mass is 720 g/mol. The molecular formula is C51H32N2O3. The van der Waals surface area contributed by atoms with Crippen molar-refractivity contribution in [1.82, 2.24) is 4.98 Å². The van der Waals surface area contributed by atoms with Gasteiger partial charge in [-0.05, 0) is 107 Å². The summed E-state index contributed by atoms with van der Waals surface area (Å²) in [6, 6.07) is 61.9. The van der Waals surface area contributed by atoms with Gasteiger partial charge >= 0.3 is 0 Å². The molecule has 12 rings (SSSR count). The lowest BCUT2D eigenvalue weighted by Crippen LogP contribution is -2.15. The zero-order valence-electron chi connectivity index (χ0n) is 30.1. The molecule has 0 saturated carbocycles. The molecule has 8 aromatic carbocycles. The molecule has 56 heavy (non-hydrogen) atoms. The lowest BCUT2D eigenvalue weighted by atomic mass is 9.75. The molecule has 0 fully saturated rings. The Labute approximate surface area is 321 Å². The number of nitrogens with zero attached hydrogens (tertiary/aromatic N) is 2. The predicted molar refractivity (Wildman–Crippen MR) is 226 cm³/mol. The molecule has 0 spiro atoms. The van der Waals surface area contributed by atoms with Crippen LogP contribution in [0.3, 0.4) is 0 Å². The number of hydrogen-bond acceptors (Lipinski definition) is 5. The summed E-state index contributed by atoms with van der Waals surface area (Å²) in [6.07, 6.45) is 0.913. The topological polar surface area (TPSA) is 55.6 Å². The second-order valence-electron chi connectivity index (χ2n) is 14.7. The highest BCUT2D eigenvalue weighted by molar-refractivity contribution is 6.16. The van der Waals surface area contributed by atoms with E-state index in [2.05, 4.69) is 138 Å². The van der Waals surface area contributed by atoms with Gasteiger partial charge in [0.15, 0.2) is 5.58 Å². The highest BCUT2D eigenvalue weighted by Gasteiger charge is 2.27. The average Bonchev–Trinajstić information content (AvgIpc) is 3.97. The first-order valence-electron chi connectivity index (χ1n) is 19.0.